The molecule has 136 valence electrons. The second-order valence-corrected chi connectivity index (χ2v) is 6.71. The van der Waals surface area contributed by atoms with E-state index in [-0.39, 0.29) is 18.5 Å². The SMILES string of the molecule is CC(CCc1ccccc1)NC(=O)Cn1c(C(C)O)nc2ccccc21. The third kappa shape index (κ3) is 4.29. The van der Waals surface area contributed by atoms with Gasteiger partial charge in [0.1, 0.15) is 18.5 Å². The van der Waals surface area contributed by atoms with Crippen molar-refractivity contribution in [2.24, 2.45) is 0 Å². The third-order valence-electron chi connectivity index (χ3n) is 4.48. The number of carbonyl (C=O) groups is 1. The maximum Gasteiger partial charge on any atom is 0.240 e. The number of carbonyl (C=O) groups excluding carboxylic acids is 1. The second kappa shape index (κ2) is 8.15. The van der Waals surface area contributed by atoms with Gasteiger partial charge >= 0.3 is 0 Å². The average molecular weight is 351 g/mol. The number of hydrogen-bond acceptors (Lipinski definition) is 3. The van der Waals surface area contributed by atoms with Crippen LogP contribution in [0.15, 0.2) is 54.6 Å². The maximum atomic E-state index is 12.5. The van der Waals surface area contributed by atoms with Gasteiger partial charge < -0.3 is 15.0 Å². The molecule has 1 amide bonds. The van der Waals surface area contributed by atoms with Crippen LogP contribution in [-0.4, -0.2) is 26.6 Å². The molecule has 0 aliphatic rings. The van der Waals surface area contributed by atoms with Crippen molar-refractivity contribution in [2.75, 3.05) is 0 Å². The van der Waals surface area contributed by atoms with Gasteiger partial charge in [0, 0.05) is 6.04 Å². The predicted molar refractivity (Wildman–Crippen MR) is 103 cm³/mol. The predicted octanol–water partition coefficient (Wildman–Crippen LogP) is 3.23. The summed E-state index contributed by atoms with van der Waals surface area (Å²) in [5.74, 6) is 0.439. The summed E-state index contributed by atoms with van der Waals surface area (Å²) in [6, 6.07) is 17.9. The lowest BCUT2D eigenvalue weighted by molar-refractivity contribution is -0.122. The van der Waals surface area contributed by atoms with Crippen LogP contribution in [0.1, 0.15) is 37.8 Å². The largest absolute Gasteiger partial charge is 0.385 e. The minimum Gasteiger partial charge on any atom is -0.385 e. The van der Waals surface area contributed by atoms with Gasteiger partial charge in [-0.15, -0.1) is 0 Å². The van der Waals surface area contributed by atoms with E-state index in [1.807, 2.05) is 49.4 Å². The Balaban J connectivity index is 1.64. The first kappa shape index (κ1) is 18.1. The van der Waals surface area contributed by atoms with Crippen molar-refractivity contribution in [1.82, 2.24) is 14.9 Å². The molecule has 26 heavy (non-hydrogen) atoms. The van der Waals surface area contributed by atoms with E-state index in [2.05, 4.69) is 22.4 Å². The van der Waals surface area contributed by atoms with Crippen LogP contribution in [0.4, 0.5) is 0 Å². The van der Waals surface area contributed by atoms with E-state index in [0.717, 1.165) is 23.9 Å². The van der Waals surface area contributed by atoms with Crippen LogP contribution in [0.2, 0.25) is 0 Å². The number of nitrogens with zero attached hydrogens (tertiary/aromatic N) is 2. The van der Waals surface area contributed by atoms with E-state index in [1.54, 1.807) is 11.5 Å². The molecular weight excluding hydrogens is 326 g/mol. The number of nitrogens with one attached hydrogen (secondary N) is 1. The van der Waals surface area contributed by atoms with Gasteiger partial charge in [-0.05, 0) is 44.4 Å². The molecule has 5 heteroatoms. The van der Waals surface area contributed by atoms with Crippen LogP contribution >= 0.6 is 0 Å². The molecule has 0 bridgehead atoms. The van der Waals surface area contributed by atoms with E-state index in [1.165, 1.54) is 5.56 Å². The molecule has 5 nitrogen and oxygen atoms in total. The number of rotatable bonds is 7. The van der Waals surface area contributed by atoms with Crippen LogP contribution in [0.5, 0.6) is 0 Å². The maximum absolute atomic E-state index is 12.5. The summed E-state index contributed by atoms with van der Waals surface area (Å²) in [6.45, 7) is 3.83. The van der Waals surface area contributed by atoms with E-state index < -0.39 is 6.10 Å². The molecule has 0 fully saturated rings. The number of amides is 1. The number of aromatic nitrogens is 2. The number of aryl methyl sites for hydroxylation is 1. The first-order valence-corrected chi connectivity index (χ1v) is 9.01. The summed E-state index contributed by atoms with van der Waals surface area (Å²) in [6.07, 6.45) is 1.07. The summed E-state index contributed by atoms with van der Waals surface area (Å²) in [5.41, 5.74) is 2.91. The molecule has 0 aliphatic carbocycles. The van der Waals surface area contributed by atoms with Crippen LogP contribution in [0.3, 0.4) is 0 Å². The zero-order valence-corrected chi connectivity index (χ0v) is 15.2. The van der Waals surface area contributed by atoms with Gasteiger partial charge in [0.25, 0.3) is 0 Å². The number of hydrogen-bond donors (Lipinski definition) is 2. The zero-order valence-electron chi connectivity index (χ0n) is 15.2. The number of imidazole rings is 1. The van der Waals surface area contributed by atoms with Gasteiger partial charge in [-0.1, -0.05) is 42.5 Å². The number of aliphatic hydroxyl groups is 1. The van der Waals surface area contributed by atoms with Crippen molar-refractivity contribution in [3.63, 3.8) is 0 Å². The summed E-state index contributed by atoms with van der Waals surface area (Å²) < 4.78 is 1.79. The Kier molecular flexibility index (Phi) is 5.68. The highest BCUT2D eigenvalue weighted by Gasteiger charge is 2.17. The monoisotopic (exact) mass is 351 g/mol. The fourth-order valence-corrected chi connectivity index (χ4v) is 3.14. The lowest BCUT2D eigenvalue weighted by Gasteiger charge is -2.16. The topological polar surface area (TPSA) is 67.2 Å². The van der Waals surface area contributed by atoms with Gasteiger partial charge in [-0.25, -0.2) is 4.98 Å². The quantitative estimate of drug-likeness (QED) is 0.687. The van der Waals surface area contributed by atoms with Crippen molar-refractivity contribution in [3.8, 4) is 0 Å². The molecule has 1 aromatic heterocycles. The molecule has 0 saturated carbocycles. The summed E-state index contributed by atoms with van der Waals surface area (Å²) in [7, 11) is 0. The van der Waals surface area contributed by atoms with Crippen molar-refractivity contribution >= 4 is 16.9 Å². The van der Waals surface area contributed by atoms with Crippen LogP contribution < -0.4 is 5.32 Å². The van der Waals surface area contributed by atoms with Crippen molar-refractivity contribution in [2.45, 2.75) is 45.4 Å². The molecule has 3 rings (SSSR count). The van der Waals surface area contributed by atoms with E-state index >= 15 is 0 Å². The summed E-state index contributed by atoms with van der Waals surface area (Å²) in [4.78, 5) is 17.0. The van der Waals surface area contributed by atoms with Gasteiger partial charge in [-0.2, -0.15) is 0 Å². The average Bonchev–Trinajstić information content (AvgIpc) is 3.00. The number of benzene rings is 2. The molecule has 0 radical (unpaired) electrons. The lowest BCUT2D eigenvalue weighted by Crippen LogP contribution is -2.35. The highest BCUT2D eigenvalue weighted by Crippen LogP contribution is 2.20. The Morgan fingerprint density at radius 3 is 2.54 bits per heavy atom. The minimum absolute atomic E-state index is 0.0735. The highest BCUT2D eigenvalue weighted by molar-refractivity contribution is 5.81. The number of para-hydroxylation sites is 2. The Bertz CT molecular complexity index is 871. The van der Waals surface area contributed by atoms with Crippen LogP contribution in [0, 0.1) is 0 Å². The van der Waals surface area contributed by atoms with E-state index in [9.17, 15) is 9.90 Å². The van der Waals surface area contributed by atoms with Crippen LogP contribution in [-0.2, 0) is 17.8 Å². The van der Waals surface area contributed by atoms with Gasteiger partial charge in [0.2, 0.25) is 5.91 Å². The van der Waals surface area contributed by atoms with Crippen molar-refractivity contribution in [3.05, 3.63) is 66.0 Å². The zero-order chi connectivity index (χ0) is 18.5. The number of fused-ring (bicyclic) bond motifs is 1. The molecule has 0 spiro atoms. The van der Waals surface area contributed by atoms with E-state index in [0.29, 0.717) is 5.82 Å². The molecule has 1 heterocycles. The second-order valence-electron chi connectivity index (χ2n) is 6.71. The number of aliphatic hydroxyl groups excluding tert-OH is 1. The molecular formula is C21H25N3O2. The smallest absolute Gasteiger partial charge is 0.240 e. The molecule has 2 aromatic carbocycles. The molecule has 3 aromatic rings. The van der Waals surface area contributed by atoms with E-state index in [4.69, 9.17) is 0 Å². The molecule has 0 saturated heterocycles. The fraction of sp³-hybridized carbons (Fsp3) is 0.333. The highest BCUT2D eigenvalue weighted by atomic mass is 16.3. The lowest BCUT2D eigenvalue weighted by atomic mass is 10.1. The first-order chi connectivity index (χ1) is 12.5. The van der Waals surface area contributed by atoms with Gasteiger partial charge in [0.05, 0.1) is 11.0 Å². The summed E-state index contributed by atoms with van der Waals surface area (Å²) in [5, 5.41) is 13.0. The Morgan fingerprint density at radius 1 is 1.12 bits per heavy atom. The Hall–Kier alpha value is -2.66. The Labute approximate surface area is 153 Å². The molecule has 2 atom stereocenters. The molecule has 0 aliphatic heterocycles. The first-order valence-electron chi connectivity index (χ1n) is 9.01. The molecule has 2 unspecified atom stereocenters. The fourth-order valence-electron chi connectivity index (χ4n) is 3.14. The normalized spacial score (nSPS) is 13.5. The van der Waals surface area contributed by atoms with Gasteiger partial charge in [0.15, 0.2) is 0 Å². The third-order valence-corrected chi connectivity index (χ3v) is 4.48. The Morgan fingerprint density at radius 2 is 1.81 bits per heavy atom. The summed E-state index contributed by atoms with van der Waals surface area (Å²) >= 11 is 0. The van der Waals surface area contributed by atoms with Crippen LogP contribution in [0.25, 0.3) is 11.0 Å². The van der Waals surface area contributed by atoms with Crippen molar-refractivity contribution < 1.29 is 9.90 Å². The van der Waals surface area contributed by atoms with Crippen molar-refractivity contribution in [1.29, 1.82) is 0 Å². The standard InChI is InChI=1S/C21H25N3O2/c1-15(12-13-17-8-4-3-5-9-17)22-20(26)14-24-19-11-7-6-10-18(19)23-21(24)16(2)25/h3-11,15-16,25H,12-14H2,1-2H3,(H,22,26). The minimum atomic E-state index is -0.731. The van der Waals surface area contributed by atoms with Gasteiger partial charge in [-0.3, -0.25) is 4.79 Å². The molecule has 2 N–H and O–H groups in total.